The second-order valence-electron chi connectivity index (χ2n) is 6.12. The Morgan fingerprint density at radius 3 is 2.82 bits per heavy atom. The highest BCUT2D eigenvalue weighted by molar-refractivity contribution is 5.80. The molecule has 3 rings (SSSR count). The van der Waals surface area contributed by atoms with Crippen molar-refractivity contribution in [1.29, 1.82) is 0 Å². The van der Waals surface area contributed by atoms with Crippen LogP contribution in [-0.4, -0.2) is 42.1 Å². The highest BCUT2D eigenvalue weighted by atomic mass is 16.5. The van der Waals surface area contributed by atoms with E-state index in [1.165, 1.54) is 25.7 Å². The van der Waals surface area contributed by atoms with Gasteiger partial charge in [-0.15, -0.1) is 0 Å². The Morgan fingerprint density at radius 1 is 1.36 bits per heavy atom. The Labute approximate surface area is 132 Å². The van der Waals surface area contributed by atoms with E-state index in [2.05, 4.69) is 28.2 Å². The Hall–Kier alpha value is -1.78. The second-order valence-corrected chi connectivity index (χ2v) is 6.12. The van der Waals surface area contributed by atoms with Crippen LogP contribution in [0, 0.1) is 5.92 Å². The predicted octanol–water partition coefficient (Wildman–Crippen LogP) is 2.43. The number of hydrogen-bond donors (Lipinski definition) is 1. The Balaban J connectivity index is 1.54. The minimum absolute atomic E-state index is 0.661. The van der Waals surface area contributed by atoms with Crippen LogP contribution in [0.1, 0.15) is 38.2 Å². The number of nitrogens with one attached hydrogen (secondary N) is 1. The molecule has 0 aromatic carbocycles. The minimum atomic E-state index is 0.661. The van der Waals surface area contributed by atoms with Crippen LogP contribution in [0.25, 0.3) is 0 Å². The lowest BCUT2D eigenvalue weighted by Crippen LogP contribution is -2.39. The maximum Gasteiger partial charge on any atom is 0.213 e. The summed E-state index contributed by atoms with van der Waals surface area (Å²) >= 11 is 0. The summed E-state index contributed by atoms with van der Waals surface area (Å²) in [7, 11) is 0. The number of pyridine rings is 1. The van der Waals surface area contributed by atoms with Gasteiger partial charge in [0.2, 0.25) is 5.88 Å². The Morgan fingerprint density at radius 2 is 2.18 bits per heavy atom. The van der Waals surface area contributed by atoms with E-state index in [0.717, 1.165) is 49.6 Å². The molecule has 0 radical (unpaired) electrons. The van der Waals surface area contributed by atoms with Crippen molar-refractivity contribution in [3.63, 3.8) is 0 Å². The number of hydrogen-bond acceptors (Lipinski definition) is 3. The molecule has 2 heterocycles. The largest absolute Gasteiger partial charge is 0.477 e. The lowest BCUT2D eigenvalue weighted by molar-refractivity contribution is 0.288. The topological polar surface area (TPSA) is 49.8 Å². The van der Waals surface area contributed by atoms with Crippen LogP contribution in [0.4, 0.5) is 0 Å². The van der Waals surface area contributed by atoms with Gasteiger partial charge in [0.1, 0.15) is 0 Å². The van der Waals surface area contributed by atoms with Gasteiger partial charge in [0, 0.05) is 31.9 Å². The first-order valence-corrected chi connectivity index (χ1v) is 8.46. The monoisotopic (exact) mass is 302 g/mol. The van der Waals surface area contributed by atoms with Crippen LogP contribution in [0.3, 0.4) is 0 Å². The highest BCUT2D eigenvalue weighted by Gasteiger charge is 2.22. The number of aromatic nitrogens is 1. The van der Waals surface area contributed by atoms with Crippen molar-refractivity contribution in [2.24, 2.45) is 10.9 Å². The molecule has 2 aliphatic rings. The summed E-state index contributed by atoms with van der Waals surface area (Å²) in [6.45, 7) is 6.70. The summed E-state index contributed by atoms with van der Waals surface area (Å²) in [5, 5.41) is 3.38. The maximum atomic E-state index is 5.66. The average Bonchev–Trinajstić information content (AvgIpc) is 3.22. The summed E-state index contributed by atoms with van der Waals surface area (Å²) < 4.78 is 5.66. The van der Waals surface area contributed by atoms with Crippen molar-refractivity contribution in [3.05, 3.63) is 23.9 Å². The van der Waals surface area contributed by atoms with E-state index in [9.17, 15) is 0 Å². The zero-order valence-corrected chi connectivity index (χ0v) is 13.4. The molecule has 0 bridgehead atoms. The quantitative estimate of drug-likeness (QED) is 0.648. The molecule has 5 nitrogen and oxygen atoms in total. The number of guanidine groups is 1. The van der Waals surface area contributed by atoms with Crippen molar-refractivity contribution in [2.45, 2.75) is 39.2 Å². The van der Waals surface area contributed by atoms with Gasteiger partial charge < -0.3 is 15.0 Å². The SMILES string of the molecule is CCNC(=NCc1ccc(OCC2CC2)nc1)N1CCCC1. The van der Waals surface area contributed by atoms with Gasteiger partial charge in [-0.25, -0.2) is 9.98 Å². The molecule has 5 heteroatoms. The molecule has 1 aliphatic carbocycles. The number of likely N-dealkylation sites (tertiary alicyclic amines) is 1. The molecule has 1 N–H and O–H groups in total. The van der Waals surface area contributed by atoms with E-state index < -0.39 is 0 Å². The molecule has 0 atom stereocenters. The third-order valence-electron chi connectivity index (χ3n) is 4.11. The van der Waals surface area contributed by atoms with Crippen molar-refractivity contribution in [3.8, 4) is 5.88 Å². The smallest absolute Gasteiger partial charge is 0.213 e. The Kier molecular flexibility index (Phi) is 5.14. The first-order chi connectivity index (χ1) is 10.8. The van der Waals surface area contributed by atoms with Crippen molar-refractivity contribution >= 4 is 5.96 Å². The first-order valence-electron chi connectivity index (χ1n) is 8.46. The normalized spacial score (nSPS) is 18.6. The third kappa shape index (κ3) is 4.36. The molecule has 120 valence electrons. The molecule has 2 fully saturated rings. The molecule has 1 aromatic heterocycles. The van der Waals surface area contributed by atoms with Gasteiger partial charge in [-0.2, -0.15) is 0 Å². The van der Waals surface area contributed by atoms with Crippen molar-refractivity contribution < 1.29 is 4.74 Å². The predicted molar refractivity (Wildman–Crippen MR) is 88.1 cm³/mol. The van der Waals surface area contributed by atoms with E-state index in [0.29, 0.717) is 6.54 Å². The van der Waals surface area contributed by atoms with Crippen LogP contribution in [0.15, 0.2) is 23.3 Å². The third-order valence-corrected chi connectivity index (χ3v) is 4.11. The molecule has 22 heavy (non-hydrogen) atoms. The molecule has 0 amide bonds. The molecular formula is C17H26N4O. The summed E-state index contributed by atoms with van der Waals surface area (Å²) in [5.74, 6) is 2.51. The molecule has 0 unspecified atom stereocenters. The first kappa shape index (κ1) is 15.1. The van der Waals surface area contributed by atoms with Crippen LogP contribution in [0.5, 0.6) is 5.88 Å². The fourth-order valence-electron chi connectivity index (χ4n) is 2.60. The molecular weight excluding hydrogens is 276 g/mol. The van der Waals surface area contributed by atoms with Gasteiger partial charge in [0.15, 0.2) is 5.96 Å². The fourth-order valence-corrected chi connectivity index (χ4v) is 2.60. The second kappa shape index (κ2) is 7.47. The summed E-state index contributed by atoms with van der Waals surface area (Å²) in [4.78, 5) is 11.4. The fraction of sp³-hybridized carbons (Fsp3) is 0.647. The standard InChI is InChI=1S/C17H26N4O/c1-2-18-17(21-9-3-4-10-21)20-12-15-7-8-16(19-11-15)22-13-14-5-6-14/h7-8,11,14H,2-6,9-10,12-13H2,1H3,(H,18,20). The number of ether oxygens (including phenoxy) is 1. The van der Waals surface area contributed by atoms with Crippen molar-refractivity contribution in [1.82, 2.24) is 15.2 Å². The van der Waals surface area contributed by atoms with Crippen LogP contribution < -0.4 is 10.1 Å². The zero-order valence-electron chi connectivity index (χ0n) is 13.4. The summed E-state index contributed by atoms with van der Waals surface area (Å²) in [6, 6.07) is 4.02. The van der Waals surface area contributed by atoms with Gasteiger partial charge >= 0.3 is 0 Å². The molecule has 1 saturated carbocycles. The van der Waals surface area contributed by atoms with Crippen molar-refractivity contribution in [2.75, 3.05) is 26.2 Å². The van der Waals surface area contributed by atoms with Gasteiger partial charge in [-0.3, -0.25) is 0 Å². The molecule has 0 spiro atoms. The van der Waals surface area contributed by atoms with Crippen LogP contribution in [-0.2, 0) is 6.54 Å². The Bertz CT molecular complexity index is 490. The van der Waals surface area contributed by atoms with Gasteiger partial charge in [0.25, 0.3) is 0 Å². The summed E-state index contributed by atoms with van der Waals surface area (Å²) in [5.41, 5.74) is 1.12. The summed E-state index contributed by atoms with van der Waals surface area (Å²) in [6.07, 6.45) is 7.00. The van der Waals surface area contributed by atoms with E-state index in [-0.39, 0.29) is 0 Å². The van der Waals surface area contributed by atoms with Crippen LogP contribution >= 0.6 is 0 Å². The lowest BCUT2D eigenvalue weighted by Gasteiger charge is -2.20. The highest BCUT2D eigenvalue weighted by Crippen LogP contribution is 2.29. The molecule has 1 aliphatic heterocycles. The number of aliphatic imine (C=N–C) groups is 1. The lowest BCUT2D eigenvalue weighted by atomic mass is 10.3. The number of rotatable bonds is 6. The average molecular weight is 302 g/mol. The van der Waals surface area contributed by atoms with E-state index in [1.54, 1.807) is 0 Å². The molecule has 1 saturated heterocycles. The minimum Gasteiger partial charge on any atom is -0.477 e. The zero-order chi connectivity index (χ0) is 15.2. The number of nitrogens with zero attached hydrogens (tertiary/aromatic N) is 3. The van der Waals surface area contributed by atoms with E-state index >= 15 is 0 Å². The van der Waals surface area contributed by atoms with Gasteiger partial charge in [-0.1, -0.05) is 6.07 Å². The van der Waals surface area contributed by atoms with Gasteiger partial charge in [0.05, 0.1) is 13.2 Å². The van der Waals surface area contributed by atoms with Crippen LogP contribution in [0.2, 0.25) is 0 Å². The maximum absolute atomic E-state index is 5.66. The van der Waals surface area contributed by atoms with E-state index in [4.69, 9.17) is 9.73 Å². The van der Waals surface area contributed by atoms with E-state index in [1.807, 2.05) is 12.3 Å². The molecule has 1 aromatic rings. The van der Waals surface area contributed by atoms with Gasteiger partial charge in [-0.05, 0) is 44.1 Å².